The van der Waals surface area contributed by atoms with E-state index in [4.69, 9.17) is 0 Å². The normalized spacial score (nSPS) is 13.6. The van der Waals surface area contributed by atoms with Crippen LogP contribution in [0.15, 0.2) is 60.8 Å². The first-order valence-electron chi connectivity index (χ1n) is 7.73. The Kier molecular flexibility index (Phi) is 4.16. The van der Waals surface area contributed by atoms with Crippen LogP contribution >= 0.6 is 0 Å². The molecule has 5 heteroatoms. The van der Waals surface area contributed by atoms with Crippen molar-refractivity contribution in [3.05, 3.63) is 82.0 Å². The molecule has 0 spiro atoms. The molecule has 0 saturated heterocycles. The van der Waals surface area contributed by atoms with Gasteiger partial charge in [0, 0.05) is 36.0 Å². The quantitative estimate of drug-likeness (QED) is 0.533. The van der Waals surface area contributed by atoms with E-state index >= 15 is 0 Å². The monoisotopic (exact) mass is 322 g/mol. The molecule has 0 radical (unpaired) electrons. The molecule has 122 valence electrons. The van der Waals surface area contributed by atoms with Crippen molar-refractivity contribution in [1.29, 1.82) is 0 Å². The summed E-state index contributed by atoms with van der Waals surface area (Å²) in [5.74, 6) is -1.06. The lowest BCUT2D eigenvalue weighted by Gasteiger charge is -2.19. The molecule has 3 rings (SSSR count). The predicted octanol–water partition coefficient (Wildman–Crippen LogP) is 3.54. The first-order chi connectivity index (χ1) is 11.5. The van der Waals surface area contributed by atoms with Gasteiger partial charge in [0.25, 0.3) is 6.04 Å². The number of nitro groups is 1. The van der Waals surface area contributed by atoms with Gasteiger partial charge in [0.05, 0.1) is 5.92 Å². The summed E-state index contributed by atoms with van der Waals surface area (Å²) in [4.78, 5) is 23.2. The molecule has 0 N–H and O–H groups in total. The van der Waals surface area contributed by atoms with Gasteiger partial charge in [-0.3, -0.25) is 14.9 Å². The second kappa shape index (κ2) is 6.28. The highest BCUT2D eigenvalue weighted by Crippen LogP contribution is 2.35. The number of hydrogen-bond donors (Lipinski definition) is 0. The van der Waals surface area contributed by atoms with Crippen LogP contribution in [0.3, 0.4) is 0 Å². The standard InChI is InChI=1S/C19H18N2O3/c1-13(22)19(21(23)24)18(14-8-4-3-5-9-14)16-12-20(2)17-11-7-6-10-15(16)17/h3-12,18-19H,1-2H3/t18-,19+/m0/s1. The minimum absolute atomic E-state index is 0.443. The molecular weight excluding hydrogens is 304 g/mol. The minimum atomic E-state index is -1.31. The van der Waals surface area contributed by atoms with Crippen LogP contribution in [0.5, 0.6) is 0 Å². The first-order valence-corrected chi connectivity index (χ1v) is 7.73. The summed E-state index contributed by atoms with van der Waals surface area (Å²) in [6.07, 6.45) is 1.89. The van der Waals surface area contributed by atoms with E-state index in [0.29, 0.717) is 0 Å². The van der Waals surface area contributed by atoms with Crippen LogP contribution in [0.1, 0.15) is 24.0 Å². The van der Waals surface area contributed by atoms with E-state index < -0.39 is 22.7 Å². The van der Waals surface area contributed by atoms with E-state index in [1.165, 1.54) is 6.92 Å². The minimum Gasteiger partial charge on any atom is -0.350 e. The van der Waals surface area contributed by atoms with Gasteiger partial charge in [0.1, 0.15) is 0 Å². The van der Waals surface area contributed by atoms with Gasteiger partial charge in [-0.05, 0) is 17.2 Å². The van der Waals surface area contributed by atoms with Crippen molar-refractivity contribution in [3.8, 4) is 0 Å². The van der Waals surface area contributed by atoms with Crippen LogP contribution in [0, 0.1) is 10.1 Å². The number of Topliss-reactive ketones (excluding diaryl/α,β-unsaturated/α-hetero) is 1. The van der Waals surface area contributed by atoms with Gasteiger partial charge in [0.2, 0.25) is 5.78 Å². The van der Waals surface area contributed by atoms with Gasteiger partial charge in [-0.2, -0.15) is 0 Å². The van der Waals surface area contributed by atoms with Crippen molar-refractivity contribution in [1.82, 2.24) is 4.57 Å². The maximum absolute atomic E-state index is 12.1. The highest BCUT2D eigenvalue weighted by molar-refractivity contribution is 5.88. The molecule has 3 aromatic rings. The zero-order chi connectivity index (χ0) is 17.3. The van der Waals surface area contributed by atoms with E-state index in [-0.39, 0.29) is 0 Å². The van der Waals surface area contributed by atoms with Gasteiger partial charge < -0.3 is 4.57 Å². The third-order valence-corrected chi connectivity index (χ3v) is 4.38. The van der Waals surface area contributed by atoms with Gasteiger partial charge in [0.15, 0.2) is 0 Å². The summed E-state index contributed by atoms with van der Waals surface area (Å²) in [7, 11) is 1.91. The Balaban J connectivity index is 2.28. The van der Waals surface area contributed by atoms with Crippen LogP contribution in [-0.2, 0) is 11.8 Å². The highest BCUT2D eigenvalue weighted by Gasteiger charge is 2.39. The van der Waals surface area contributed by atoms with Gasteiger partial charge in [-0.15, -0.1) is 0 Å². The Morgan fingerprint density at radius 2 is 1.71 bits per heavy atom. The molecule has 0 fully saturated rings. The number of ketones is 1. The fourth-order valence-electron chi connectivity index (χ4n) is 3.32. The Labute approximate surface area is 139 Å². The number of para-hydroxylation sites is 1. The number of benzene rings is 2. The summed E-state index contributed by atoms with van der Waals surface area (Å²) in [6, 6.07) is 15.7. The van der Waals surface area contributed by atoms with Crippen LogP contribution < -0.4 is 0 Å². The molecule has 1 heterocycles. The Morgan fingerprint density at radius 3 is 2.33 bits per heavy atom. The fourth-order valence-corrected chi connectivity index (χ4v) is 3.32. The van der Waals surface area contributed by atoms with Crippen LogP contribution in [0.25, 0.3) is 10.9 Å². The summed E-state index contributed by atoms with van der Waals surface area (Å²) >= 11 is 0. The molecule has 0 unspecified atom stereocenters. The average molecular weight is 322 g/mol. The zero-order valence-corrected chi connectivity index (χ0v) is 13.5. The van der Waals surface area contributed by atoms with Gasteiger partial charge in [-0.25, -0.2) is 0 Å². The average Bonchev–Trinajstić information content (AvgIpc) is 2.89. The van der Waals surface area contributed by atoms with E-state index in [9.17, 15) is 14.9 Å². The number of aromatic nitrogens is 1. The van der Waals surface area contributed by atoms with Crippen molar-refractivity contribution in [2.45, 2.75) is 18.9 Å². The molecule has 0 bridgehead atoms. The Bertz CT molecular complexity index is 885. The summed E-state index contributed by atoms with van der Waals surface area (Å²) in [6.45, 7) is 1.29. The maximum atomic E-state index is 12.1. The highest BCUT2D eigenvalue weighted by atomic mass is 16.6. The summed E-state index contributed by atoms with van der Waals surface area (Å²) in [5.41, 5.74) is 2.56. The number of hydrogen-bond acceptors (Lipinski definition) is 3. The van der Waals surface area contributed by atoms with Crippen molar-refractivity contribution < 1.29 is 9.72 Å². The second-order valence-electron chi connectivity index (χ2n) is 5.94. The van der Waals surface area contributed by atoms with Crippen molar-refractivity contribution in [2.75, 3.05) is 0 Å². The number of carbonyl (C=O) groups excluding carboxylic acids is 1. The van der Waals surface area contributed by atoms with E-state index in [1.54, 1.807) is 0 Å². The van der Waals surface area contributed by atoms with Gasteiger partial charge in [-0.1, -0.05) is 48.5 Å². The fraction of sp³-hybridized carbons (Fsp3) is 0.211. The van der Waals surface area contributed by atoms with Crippen molar-refractivity contribution in [3.63, 3.8) is 0 Å². The van der Waals surface area contributed by atoms with Crippen LogP contribution in [0.4, 0.5) is 0 Å². The molecule has 0 aliphatic carbocycles. The first kappa shape index (κ1) is 15.9. The topological polar surface area (TPSA) is 65.1 Å². The number of fused-ring (bicyclic) bond motifs is 1. The van der Waals surface area contributed by atoms with Crippen molar-refractivity contribution >= 4 is 16.7 Å². The Hall–Kier alpha value is -2.95. The number of aryl methyl sites for hydroxylation is 1. The second-order valence-corrected chi connectivity index (χ2v) is 5.94. The smallest absolute Gasteiger partial charge is 0.280 e. The molecule has 0 saturated carbocycles. The van der Waals surface area contributed by atoms with E-state index in [2.05, 4.69) is 0 Å². The summed E-state index contributed by atoms with van der Waals surface area (Å²) in [5, 5.41) is 12.6. The zero-order valence-electron chi connectivity index (χ0n) is 13.5. The van der Waals surface area contributed by atoms with Crippen LogP contribution in [0.2, 0.25) is 0 Å². The van der Waals surface area contributed by atoms with E-state index in [1.807, 2.05) is 72.4 Å². The lowest BCUT2D eigenvalue weighted by molar-refractivity contribution is -0.509. The molecule has 5 nitrogen and oxygen atoms in total. The van der Waals surface area contributed by atoms with Gasteiger partial charge >= 0.3 is 0 Å². The molecule has 2 atom stereocenters. The number of nitrogens with zero attached hydrogens (tertiary/aromatic N) is 2. The maximum Gasteiger partial charge on any atom is 0.280 e. The molecular formula is C19H18N2O3. The van der Waals surface area contributed by atoms with Crippen LogP contribution in [-0.4, -0.2) is 21.3 Å². The van der Waals surface area contributed by atoms with Crippen molar-refractivity contribution in [2.24, 2.45) is 7.05 Å². The lowest BCUT2D eigenvalue weighted by atomic mass is 9.83. The third kappa shape index (κ3) is 2.69. The largest absolute Gasteiger partial charge is 0.350 e. The molecule has 0 amide bonds. The Morgan fingerprint density at radius 1 is 1.08 bits per heavy atom. The summed E-state index contributed by atoms with van der Waals surface area (Å²) < 4.78 is 1.94. The predicted molar refractivity (Wildman–Crippen MR) is 92.7 cm³/mol. The lowest BCUT2D eigenvalue weighted by Crippen LogP contribution is -2.34. The molecule has 24 heavy (non-hydrogen) atoms. The molecule has 0 aliphatic rings. The molecule has 1 aromatic heterocycles. The SMILES string of the molecule is CC(=O)[C@H]([C@@H](c1ccccc1)c1cn(C)c2ccccc12)[N+](=O)[O-]. The molecule has 0 aliphatic heterocycles. The number of carbonyl (C=O) groups is 1. The van der Waals surface area contributed by atoms with E-state index in [0.717, 1.165) is 22.0 Å². The third-order valence-electron chi connectivity index (χ3n) is 4.38. The molecule has 2 aromatic carbocycles. The number of rotatable bonds is 5.